The molecule has 0 bridgehead atoms. The minimum absolute atomic E-state index is 0.103. The number of hydrogen-bond acceptors (Lipinski definition) is 5. The second kappa shape index (κ2) is 12.5. The Morgan fingerprint density at radius 2 is 1.79 bits per heavy atom. The van der Waals surface area contributed by atoms with Crippen LogP contribution < -0.4 is 19.1 Å². The number of benzene rings is 3. The van der Waals surface area contributed by atoms with Gasteiger partial charge in [-0.25, -0.2) is 0 Å². The van der Waals surface area contributed by atoms with Gasteiger partial charge in [0.2, 0.25) is 0 Å². The maximum atomic E-state index is 13.5. The van der Waals surface area contributed by atoms with Crippen molar-refractivity contribution in [2.75, 3.05) is 31.8 Å². The van der Waals surface area contributed by atoms with E-state index < -0.39 is 6.10 Å². The van der Waals surface area contributed by atoms with E-state index in [1.54, 1.807) is 18.1 Å². The molecule has 1 aliphatic heterocycles. The number of halogens is 1. The highest BCUT2D eigenvalue weighted by Gasteiger charge is 2.33. The smallest absolute Gasteiger partial charge is 0.253 e. The molecule has 0 fully saturated rings. The van der Waals surface area contributed by atoms with E-state index >= 15 is 0 Å². The number of anilines is 1. The quantitative estimate of drug-likeness (QED) is 0.271. The third-order valence-electron chi connectivity index (χ3n) is 6.94. The summed E-state index contributed by atoms with van der Waals surface area (Å²) in [7, 11) is 1.66. The van der Waals surface area contributed by atoms with Gasteiger partial charge >= 0.3 is 0 Å². The molecule has 2 atom stereocenters. The Morgan fingerprint density at radius 1 is 1.00 bits per heavy atom. The zero-order valence-electron chi connectivity index (χ0n) is 22.8. The van der Waals surface area contributed by atoms with Crippen LogP contribution in [0.15, 0.2) is 54.6 Å². The third kappa shape index (κ3) is 5.77. The summed E-state index contributed by atoms with van der Waals surface area (Å²) in [5.74, 6) is 2.27. The number of para-hydroxylation sites is 1. The summed E-state index contributed by atoms with van der Waals surface area (Å²) in [6.45, 7) is 9.42. The van der Waals surface area contributed by atoms with E-state index in [9.17, 15) is 4.79 Å². The van der Waals surface area contributed by atoms with E-state index in [1.165, 1.54) is 5.56 Å². The van der Waals surface area contributed by atoms with Crippen LogP contribution in [0.5, 0.6) is 17.2 Å². The summed E-state index contributed by atoms with van der Waals surface area (Å²) in [6, 6.07) is 17.5. The molecule has 3 aromatic rings. The van der Waals surface area contributed by atoms with Crippen LogP contribution in [-0.4, -0.2) is 32.8 Å². The Morgan fingerprint density at radius 3 is 2.50 bits per heavy atom. The number of methoxy groups -OCH3 is 1. The number of nitrogens with zero attached hydrogens (tertiary/aromatic N) is 1. The molecule has 4 rings (SSSR count). The van der Waals surface area contributed by atoms with Gasteiger partial charge < -0.3 is 23.8 Å². The molecule has 7 heteroatoms. The lowest BCUT2D eigenvalue weighted by Crippen LogP contribution is -2.32. The highest BCUT2D eigenvalue weighted by molar-refractivity contribution is 6.30. The van der Waals surface area contributed by atoms with E-state index in [0.717, 1.165) is 34.5 Å². The van der Waals surface area contributed by atoms with Crippen molar-refractivity contribution in [2.45, 2.75) is 52.7 Å². The van der Waals surface area contributed by atoms with Crippen LogP contribution in [0.4, 0.5) is 5.69 Å². The van der Waals surface area contributed by atoms with Crippen molar-refractivity contribution in [1.29, 1.82) is 0 Å². The molecule has 0 spiro atoms. The molecule has 0 aliphatic carbocycles. The van der Waals surface area contributed by atoms with Gasteiger partial charge in [-0.3, -0.25) is 4.79 Å². The normalized spacial score (nSPS) is 16.0. The first-order chi connectivity index (χ1) is 18.4. The van der Waals surface area contributed by atoms with Gasteiger partial charge in [0.1, 0.15) is 18.5 Å². The van der Waals surface area contributed by atoms with Gasteiger partial charge in [0.05, 0.1) is 32.6 Å². The number of carbonyl (C=O) groups is 1. The fourth-order valence-corrected chi connectivity index (χ4v) is 4.96. The number of amides is 1. The standard InChI is InChI=1S/C31H36ClNO5/c1-6-20(4)21-12-13-22(28(16-21)35-5)18-33-26-15-14-23(32)17-25(26)30(38-19-29(33)34)24-10-9-11-27(36-7-2)31(24)37-8-3/h9-17,20,30H,6-8,18-19H2,1-5H3. The number of fused-ring (bicyclic) bond motifs is 1. The molecule has 0 saturated heterocycles. The van der Waals surface area contributed by atoms with Crippen molar-refractivity contribution in [3.8, 4) is 17.2 Å². The Labute approximate surface area is 230 Å². The first-order valence-electron chi connectivity index (χ1n) is 13.2. The first-order valence-corrected chi connectivity index (χ1v) is 13.6. The summed E-state index contributed by atoms with van der Waals surface area (Å²) in [6.07, 6.45) is 0.461. The molecule has 1 aliphatic rings. The average molecular weight is 538 g/mol. The molecule has 2 unspecified atom stereocenters. The molecule has 202 valence electrons. The van der Waals surface area contributed by atoms with E-state index in [4.69, 9.17) is 30.5 Å². The average Bonchev–Trinajstić information content (AvgIpc) is 3.05. The molecule has 1 heterocycles. The van der Waals surface area contributed by atoms with E-state index in [0.29, 0.717) is 42.2 Å². The van der Waals surface area contributed by atoms with Crippen molar-refractivity contribution in [3.63, 3.8) is 0 Å². The molecular weight excluding hydrogens is 502 g/mol. The minimum atomic E-state index is -0.575. The van der Waals surface area contributed by atoms with Crippen LogP contribution in [0, 0.1) is 0 Å². The second-order valence-corrected chi connectivity index (χ2v) is 9.73. The topological polar surface area (TPSA) is 57.2 Å². The number of hydrogen-bond donors (Lipinski definition) is 0. The van der Waals surface area contributed by atoms with Crippen molar-refractivity contribution >= 4 is 23.2 Å². The fraction of sp³-hybridized carbons (Fsp3) is 0.387. The second-order valence-electron chi connectivity index (χ2n) is 9.30. The predicted molar refractivity (Wildman–Crippen MR) is 151 cm³/mol. The van der Waals surface area contributed by atoms with Crippen LogP contribution in [-0.2, 0) is 16.1 Å². The van der Waals surface area contributed by atoms with Crippen LogP contribution in [0.3, 0.4) is 0 Å². The number of carbonyl (C=O) groups excluding carboxylic acids is 1. The number of ether oxygens (including phenoxy) is 4. The summed E-state index contributed by atoms with van der Waals surface area (Å²) in [4.78, 5) is 15.3. The first kappa shape index (κ1) is 27.8. The van der Waals surface area contributed by atoms with E-state index in [2.05, 4.69) is 26.0 Å². The molecule has 0 saturated carbocycles. The van der Waals surface area contributed by atoms with Crippen LogP contribution in [0.2, 0.25) is 5.02 Å². The molecule has 0 radical (unpaired) electrons. The lowest BCUT2D eigenvalue weighted by molar-refractivity contribution is -0.124. The van der Waals surface area contributed by atoms with Gasteiger partial charge in [-0.1, -0.05) is 49.7 Å². The van der Waals surface area contributed by atoms with Crippen LogP contribution in [0.25, 0.3) is 0 Å². The Kier molecular flexibility index (Phi) is 9.18. The molecule has 0 aromatic heterocycles. The molecule has 6 nitrogen and oxygen atoms in total. The molecule has 3 aromatic carbocycles. The molecular formula is C31H36ClNO5. The Hall–Kier alpha value is -3.22. The summed E-state index contributed by atoms with van der Waals surface area (Å²) < 4.78 is 23.9. The van der Waals surface area contributed by atoms with E-state index in [1.807, 2.05) is 50.2 Å². The Balaban J connectivity index is 1.79. The highest BCUT2D eigenvalue weighted by Crippen LogP contribution is 2.44. The zero-order chi connectivity index (χ0) is 27.2. The van der Waals surface area contributed by atoms with Crippen molar-refractivity contribution < 1.29 is 23.7 Å². The fourth-order valence-electron chi connectivity index (χ4n) is 4.78. The monoisotopic (exact) mass is 537 g/mol. The Bertz CT molecular complexity index is 1280. The van der Waals surface area contributed by atoms with Crippen molar-refractivity contribution in [2.24, 2.45) is 0 Å². The molecule has 0 N–H and O–H groups in total. The van der Waals surface area contributed by atoms with Gasteiger partial charge in [0, 0.05) is 21.7 Å². The van der Waals surface area contributed by atoms with Gasteiger partial charge in [-0.05, 0) is 62.1 Å². The van der Waals surface area contributed by atoms with Crippen molar-refractivity contribution in [1.82, 2.24) is 0 Å². The van der Waals surface area contributed by atoms with Gasteiger partial charge in [0.25, 0.3) is 5.91 Å². The highest BCUT2D eigenvalue weighted by atomic mass is 35.5. The maximum Gasteiger partial charge on any atom is 0.253 e. The van der Waals surface area contributed by atoms with E-state index in [-0.39, 0.29) is 12.5 Å². The van der Waals surface area contributed by atoms with Gasteiger partial charge in [0.15, 0.2) is 11.5 Å². The summed E-state index contributed by atoms with van der Waals surface area (Å²) >= 11 is 6.48. The lowest BCUT2D eigenvalue weighted by Gasteiger charge is -2.26. The predicted octanol–water partition coefficient (Wildman–Crippen LogP) is 7.31. The third-order valence-corrected chi connectivity index (χ3v) is 7.17. The van der Waals surface area contributed by atoms with Gasteiger partial charge in [-0.15, -0.1) is 0 Å². The minimum Gasteiger partial charge on any atom is -0.496 e. The summed E-state index contributed by atoms with van der Waals surface area (Å²) in [5.41, 5.74) is 4.43. The largest absolute Gasteiger partial charge is 0.496 e. The zero-order valence-corrected chi connectivity index (χ0v) is 23.5. The van der Waals surface area contributed by atoms with Crippen LogP contribution in [0.1, 0.15) is 68.4 Å². The molecule has 38 heavy (non-hydrogen) atoms. The molecule has 1 amide bonds. The maximum absolute atomic E-state index is 13.5. The van der Waals surface area contributed by atoms with Crippen molar-refractivity contribution in [3.05, 3.63) is 81.9 Å². The summed E-state index contributed by atoms with van der Waals surface area (Å²) in [5, 5.41) is 0.557. The number of rotatable bonds is 10. The lowest BCUT2D eigenvalue weighted by atomic mass is 9.96. The van der Waals surface area contributed by atoms with Gasteiger partial charge in [-0.2, -0.15) is 0 Å². The SMILES string of the molecule is CCOc1cccc(C2OCC(=O)N(Cc3ccc(C(C)CC)cc3OC)c3ccc(Cl)cc32)c1OCC. The van der Waals surface area contributed by atoms with Crippen LogP contribution >= 0.6 is 11.6 Å².